The van der Waals surface area contributed by atoms with Gasteiger partial charge in [0.1, 0.15) is 17.2 Å². The zero-order valence-corrected chi connectivity index (χ0v) is 14.3. The Bertz CT molecular complexity index is 832. The van der Waals surface area contributed by atoms with E-state index in [0.717, 1.165) is 0 Å². The third kappa shape index (κ3) is 4.51. The molecule has 7 heteroatoms. The fraction of sp³-hybridized carbons (Fsp3) is 0.111. The molecule has 0 spiro atoms. The number of hydrogen-bond acceptors (Lipinski definition) is 4. The zero-order chi connectivity index (χ0) is 18.4. The van der Waals surface area contributed by atoms with Gasteiger partial charge in [0.25, 0.3) is 5.91 Å². The number of carbonyl (C=O) groups is 2. The van der Waals surface area contributed by atoms with Gasteiger partial charge in [0.2, 0.25) is 0 Å². The Balaban J connectivity index is 2.38. The van der Waals surface area contributed by atoms with E-state index in [9.17, 15) is 14.7 Å². The molecule has 1 amide bonds. The Morgan fingerprint density at radius 2 is 1.84 bits per heavy atom. The van der Waals surface area contributed by atoms with E-state index in [0.29, 0.717) is 17.1 Å². The van der Waals surface area contributed by atoms with Crippen LogP contribution in [0, 0.1) is 0 Å². The second-order valence-electron chi connectivity index (χ2n) is 4.91. The number of rotatable bonds is 6. The van der Waals surface area contributed by atoms with E-state index in [-0.39, 0.29) is 16.3 Å². The highest BCUT2D eigenvalue weighted by Crippen LogP contribution is 2.26. The van der Waals surface area contributed by atoms with Crippen LogP contribution in [-0.4, -0.2) is 31.2 Å². The van der Waals surface area contributed by atoms with E-state index >= 15 is 0 Å². The molecule has 0 radical (unpaired) electrons. The molecular formula is C18H16ClNO5. The Morgan fingerprint density at radius 3 is 2.44 bits per heavy atom. The van der Waals surface area contributed by atoms with E-state index in [4.69, 9.17) is 21.1 Å². The lowest BCUT2D eigenvalue weighted by Gasteiger charge is -2.10. The second-order valence-corrected chi connectivity index (χ2v) is 5.31. The fourth-order valence-electron chi connectivity index (χ4n) is 2.09. The largest absolute Gasteiger partial charge is 0.497 e. The Labute approximate surface area is 149 Å². The molecule has 0 heterocycles. The van der Waals surface area contributed by atoms with Gasteiger partial charge in [-0.2, -0.15) is 0 Å². The summed E-state index contributed by atoms with van der Waals surface area (Å²) in [7, 11) is 2.95. The van der Waals surface area contributed by atoms with Gasteiger partial charge in [0.05, 0.1) is 24.8 Å². The standard InChI is InChI=1S/C18H16ClNO5/c1-24-12-7-8-16(25-2)11(9-12)10-15(18(22)23)20-17(21)13-5-3-4-6-14(13)19/h3-10H,1-2H3,(H,20,21)(H,22,23)/b15-10-. The van der Waals surface area contributed by atoms with Gasteiger partial charge in [0, 0.05) is 5.56 Å². The molecule has 2 aromatic carbocycles. The van der Waals surface area contributed by atoms with E-state index in [1.54, 1.807) is 36.4 Å². The third-order valence-electron chi connectivity index (χ3n) is 3.33. The van der Waals surface area contributed by atoms with Crippen molar-refractivity contribution in [1.29, 1.82) is 0 Å². The highest BCUT2D eigenvalue weighted by Gasteiger charge is 2.16. The molecule has 2 N–H and O–H groups in total. The van der Waals surface area contributed by atoms with Gasteiger partial charge in [-0.15, -0.1) is 0 Å². The van der Waals surface area contributed by atoms with Crippen LogP contribution in [-0.2, 0) is 4.79 Å². The summed E-state index contributed by atoms with van der Waals surface area (Å²) in [5.74, 6) is -0.966. The van der Waals surface area contributed by atoms with Gasteiger partial charge < -0.3 is 19.9 Å². The number of aliphatic carboxylic acids is 1. The number of benzene rings is 2. The maximum Gasteiger partial charge on any atom is 0.352 e. The average molecular weight is 362 g/mol. The number of nitrogens with one attached hydrogen (secondary N) is 1. The summed E-state index contributed by atoms with van der Waals surface area (Å²) in [6.07, 6.45) is 1.29. The maximum atomic E-state index is 12.3. The molecule has 0 aromatic heterocycles. The zero-order valence-electron chi connectivity index (χ0n) is 13.6. The smallest absolute Gasteiger partial charge is 0.352 e. The Morgan fingerprint density at radius 1 is 1.12 bits per heavy atom. The van der Waals surface area contributed by atoms with Crippen LogP contribution in [0.3, 0.4) is 0 Å². The summed E-state index contributed by atoms with van der Waals surface area (Å²) in [6, 6.07) is 11.3. The summed E-state index contributed by atoms with van der Waals surface area (Å²) < 4.78 is 10.3. The third-order valence-corrected chi connectivity index (χ3v) is 3.66. The fourth-order valence-corrected chi connectivity index (χ4v) is 2.32. The van der Waals surface area contributed by atoms with E-state index in [1.165, 1.54) is 26.4 Å². The van der Waals surface area contributed by atoms with Crippen molar-refractivity contribution in [2.75, 3.05) is 14.2 Å². The second kappa shape index (κ2) is 8.21. The van der Waals surface area contributed by atoms with Crippen LogP contribution in [0.1, 0.15) is 15.9 Å². The molecule has 0 aliphatic carbocycles. The number of hydrogen-bond donors (Lipinski definition) is 2. The van der Waals surface area contributed by atoms with E-state index in [2.05, 4.69) is 5.32 Å². The number of methoxy groups -OCH3 is 2. The van der Waals surface area contributed by atoms with Crippen molar-refractivity contribution in [3.63, 3.8) is 0 Å². The maximum absolute atomic E-state index is 12.3. The van der Waals surface area contributed by atoms with Gasteiger partial charge in [0.15, 0.2) is 0 Å². The Kier molecular flexibility index (Phi) is 6.03. The van der Waals surface area contributed by atoms with Crippen LogP contribution in [0.2, 0.25) is 5.02 Å². The molecule has 25 heavy (non-hydrogen) atoms. The quantitative estimate of drug-likeness (QED) is 0.772. The molecule has 6 nitrogen and oxygen atoms in total. The molecule has 2 aromatic rings. The monoisotopic (exact) mass is 361 g/mol. The normalized spacial score (nSPS) is 10.9. The molecule has 0 saturated carbocycles. The predicted octanol–water partition coefficient (Wildman–Crippen LogP) is 3.21. The van der Waals surface area contributed by atoms with Crippen molar-refractivity contribution in [1.82, 2.24) is 5.32 Å². The van der Waals surface area contributed by atoms with Crippen molar-refractivity contribution in [2.45, 2.75) is 0 Å². The van der Waals surface area contributed by atoms with Gasteiger partial charge in [-0.05, 0) is 36.4 Å². The van der Waals surface area contributed by atoms with Gasteiger partial charge in [-0.1, -0.05) is 23.7 Å². The van der Waals surface area contributed by atoms with Gasteiger partial charge in [-0.3, -0.25) is 4.79 Å². The van der Waals surface area contributed by atoms with Crippen molar-refractivity contribution < 1.29 is 24.2 Å². The molecule has 0 aliphatic heterocycles. The molecule has 0 bridgehead atoms. The lowest BCUT2D eigenvalue weighted by atomic mass is 10.1. The number of halogens is 1. The van der Waals surface area contributed by atoms with Gasteiger partial charge in [-0.25, -0.2) is 4.79 Å². The highest BCUT2D eigenvalue weighted by atomic mass is 35.5. The first-order valence-corrected chi connectivity index (χ1v) is 7.57. The molecule has 0 aliphatic rings. The number of carbonyl (C=O) groups excluding carboxylic acids is 1. The summed E-state index contributed by atoms with van der Waals surface area (Å²) in [5, 5.41) is 12.0. The lowest BCUT2D eigenvalue weighted by molar-refractivity contribution is -0.132. The molecule has 130 valence electrons. The number of carboxylic acids is 1. The van der Waals surface area contributed by atoms with E-state index < -0.39 is 11.9 Å². The first-order valence-electron chi connectivity index (χ1n) is 7.19. The molecule has 0 unspecified atom stereocenters. The van der Waals surface area contributed by atoms with Crippen LogP contribution < -0.4 is 14.8 Å². The summed E-state index contributed by atoms with van der Waals surface area (Å²) >= 11 is 5.97. The lowest BCUT2D eigenvalue weighted by Crippen LogP contribution is -2.27. The van der Waals surface area contributed by atoms with Crippen molar-refractivity contribution in [3.05, 3.63) is 64.3 Å². The van der Waals surface area contributed by atoms with E-state index in [1.807, 2.05) is 0 Å². The van der Waals surface area contributed by atoms with Gasteiger partial charge >= 0.3 is 5.97 Å². The van der Waals surface area contributed by atoms with Crippen LogP contribution in [0.15, 0.2) is 48.2 Å². The summed E-state index contributed by atoms with van der Waals surface area (Å²) in [6.45, 7) is 0. The first kappa shape index (κ1) is 18.4. The molecular weight excluding hydrogens is 346 g/mol. The van der Waals surface area contributed by atoms with Crippen molar-refractivity contribution in [2.24, 2.45) is 0 Å². The van der Waals surface area contributed by atoms with Crippen LogP contribution in [0.5, 0.6) is 11.5 Å². The molecule has 0 atom stereocenters. The predicted molar refractivity (Wildman–Crippen MR) is 94.1 cm³/mol. The number of ether oxygens (including phenoxy) is 2. The summed E-state index contributed by atoms with van der Waals surface area (Å²) in [5.41, 5.74) is 0.295. The first-order chi connectivity index (χ1) is 12.0. The minimum Gasteiger partial charge on any atom is -0.497 e. The van der Waals surface area contributed by atoms with Crippen molar-refractivity contribution >= 4 is 29.6 Å². The minimum atomic E-state index is -1.30. The Hall–Kier alpha value is -2.99. The van der Waals surface area contributed by atoms with Crippen LogP contribution in [0.4, 0.5) is 0 Å². The van der Waals surface area contributed by atoms with Crippen LogP contribution >= 0.6 is 11.6 Å². The summed E-state index contributed by atoms with van der Waals surface area (Å²) in [4.78, 5) is 23.8. The topological polar surface area (TPSA) is 84.9 Å². The molecule has 0 saturated heterocycles. The average Bonchev–Trinajstić information content (AvgIpc) is 2.61. The minimum absolute atomic E-state index is 0.175. The molecule has 2 rings (SSSR count). The highest BCUT2D eigenvalue weighted by molar-refractivity contribution is 6.34. The number of amides is 1. The molecule has 0 fully saturated rings. The van der Waals surface area contributed by atoms with Crippen LogP contribution in [0.25, 0.3) is 6.08 Å². The van der Waals surface area contributed by atoms with Crippen molar-refractivity contribution in [3.8, 4) is 11.5 Å². The SMILES string of the molecule is COc1ccc(OC)c(/C=C(\NC(=O)c2ccccc2Cl)C(=O)O)c1. The number of carboxylic acid groups (broad SMARTS) is 1.